The van der Waals surface area contributed by atoms with Crippen LogP contribution in [0.15, 0.2) is 6.20 Å². The third kappa shape index (κ3) is 2.58. The molecule has 2 rings (SSSR count). The van der Waals surface area contributed by atoms with Gasteiger partial charge in [0, 0.05) is 6.42 Å². The van der Waals surface area contributed by atoms with Gasteiger partial charge in [-0.05, 0) is 6.42 Å². The van der Waals surface area contributed by atoms with Gasteiger partial charge in [-0.25, -0.2) is 9.97 Å². The summed E-state index contributed by atoms with van der Waals surface area (Å²) < 4.78 is 5.42. The predicted molar refractivity (Wildman–Crippen MR) is 59.2 cm³/mol. The molecule has 1 aliphatic heterocycles. The van der Waals surface area contributed by atoms with E-state index in [4.69, 9.17) is 4.74 Å². The van der Waals surface area contributed by atoms with Gasteiger partial charge in [0.1, 0.15) is 12.4 Å². The Balaban J connectivity index is 2.00. The Bertz CT molecular complexity index is 328. The number of hydrogen-bond acceptors (Lipinski definition) is 4. The number of fused-ring (bicyclic) bond motifs is 1. The average Bonchev–Trinajstić information content (AvgIpc) is 2.29. The van der Waals surface area contributed by atoms with Gasteiger partial charge in [0.25, 0.3) is 0 Å². The number of aromatic nitrogens is 2. The lowest BCUT2D eigenvalue weighted by atomic mass is 10.2. The largest absolute Gasteiger partial charge is 0.486 e. The van der Waals surface area contributed by atoms with Crippen LogP contribution in [0.3, 0.4) is 0 Å². The van der Waals surface area contributed by atoms with Crippen LogP contribution in [0.5, 0.6) is 5.75 Å². The molecule has 15 heavy (non-hydrogen) atoms. The van der Waals surface area contributed by atoms with E-state index in [2.05, 4.69) is 22.2 Å². The van der Waals surface area contributed by atoms with Gasteiger partial charge in [-0.2, -0.15) is 0 Å². The number of aryl methyl sites for hydroxylation is 1. The van der Waals surface area contributed by atoms with E-state index in [1.165, 1.54) is 12.8 Å². The van der Waals surface area contributed by atoms with E-state index in [1.807, 2.05) is 0 Å². The molecule has 2 heterocycles. The second-order valence-electron chi connectivity index (χ2n) is 3.73. The fraction of sp³-hybridized carbons (Fsp3) is 0.636. The summed E-state index contributed by atoms with van der Waals surface area (Å²) in [6.45, 7) is 3.73. The Labute approximate surface area is 90.1 Å². The number of unbranched alkanes of at least 4 members (excludes halogenated alkanes) is 2. The van der Waals surface area contributed by atoms with Crippen molar-refractivity contribution in [1.82, 2.24) is 9.97 Å². The number of nitrogens with zero attached hydrogens (tertiary/aromatic N) is 2. The van der Waals surface area contributed by atoms with Crippen LogP contribution in [0.4, 0.5) is 5.82 Å². The van der Waals surface area contributed by atoms with Crippen molar-refractivity contribution >= 4 is 5.82 Å². The predicted octanol–water partition coefficient (Wildman–Crippen LogP) is 2.01. The summed E-state index contributed by atoms with van der Waals surface area (Å²) in [5.41, 5.74) is 0. The molecule has 0 saturated heterocycles. The highest BCUT2D eigenvalue weighted by Gasteiger charge is 2.11. The van der Waals surface area contributed by atoms with Crippen molar-refractivity contribution in [2.45, 2.75) is 32.6 Å². The molecule has 1 aromatic rings. The first-order valence-corrected chi connectivity index (χ1v) is 5.62. The molecule has 0 aliphatic carbocycles. The van der Waals surface area contributed by atoms with E-state index >= 15 is 0 Å². The number of anilines is 1. The Morgan fingerprint density at radius 1 is 1.47 bits per heavy atom. The molecule has 1 aromatic heterocycles. The molecule has 0 saturated carbocycles. The van der Waals surface area contributed by atoms with Crippen molar-refractivity contribution in [2.75, 3.05) is 18.5 Å². The average molecular weight is 207 g/mol. The number of ether oxygens (including phenoxy) is 1. The van der Waals surface area contributed by atoms with Crippen molar-refractivity contribution in [1.29, 1.82) is 0 Å². The first-order chi connectivity index (χ1) is 7.40. The Kier molecular flexibility index (Phi) is 3.37. The molecule has 0 unspecified atom stereocenters. The van der Waals surface area contributed by atoms with Gasteiger partial charge < -0.3 is 10.1 Å². The maximum Gasteiger partial charge on any atom is 0.179 e. The summed E-state index contributed by atoms with van der Waals surface area (Å²) in [4.78, 5) is 8.73. The Morgan fingerprint density at radius 2 is 2.40 bits per heavy atom. The minimum atomic E-state index is 0.700. The summed E-state index contributed by atoms with van der Waals surface area (Å²) in [6, 6.07) is 0. The van der Waals surface area contributed by atoms with Gasteiger partial charge in [-0.1, -0.05) is 19.8 Å². The van der Waals surface area contributed by atoms with E-state index in [0.717, 1.165) is 36.8 Å². The monoisotopic (exact) mass is 207 g/mol. The van der Waals surface area contributed by atoms with Crippen molar-refractivity contribution in [3.63, 3.8) is 0 Å². The van der Waals surface area contributed by atoms with Crippen LogP contribution in [0.1, 0.15) is 32.0 Å². The Morgan fingerprint density at radius 3 is 3.27 bits per heavy atom. The molecule has 4 nitrogen and oxygen atoms in total. The summed E-state index contributed by atoms with van der Waals surface area (Å²) in [5, 5.41) is 3.22. The van der Waals surface area contributed by atoms with E-state index in [0.29, 0.717) is 6.61 Å². The minimum absolute atomic E-state index is 0.700. The molecule has 0 aromatic carbocycles. The third-order valence-electron chi connectivity index (χ3n) is 2.46. The Hall–Kier alpha value is -1.32. The quantitative estimate of drug-likeness (QED) is 0.767. The molecule has 4 heteroatoms. The lowest BCUT2D eigenvalue weighted by Gasteiger charge is -2.17. The zero-order valence-corrected chi connectivity index (χ0v) is 9.12. The highest BCUT2D eigenvalue weighted by molar-refractivity contribution is 5.50. The minimum Gasteiger partial charge on any atom is -0.486 e. The molecule has 0 atom stereocenters. The number of hydrogen-bond donors (Lipinski definition) is 1. The fourth-order valence-corrected chi connectivity index (χ4v) is 1.62. The molecule has 1 N–H and O–H groups in total. The van der Waals surface area contributed by atoms with Crippen LogP contribution in [0, 0.1) is 0 Å². The highest BCUT2D eigenvalue weighted by atomic mass is 16.5. The first kappa shape index (κ1) is 10.2. The summed E-state index contributed by atoms with van der Waals surface area (Å²) in [5.74, 6) is 2.54. The lowest BCUT2D eigenvalue weighted by Crippen LogP contribution is -2.20. The molecular formula is C11H17N3O. The summed E-state index contributed by atoms with van der Waals surface area (Å²) >= 11 is 0. The molecule has 1 aliphatic rings. The molecule has 0 radical (unpaired) electrons. The number of rotatable bonds is 4. The number of nitrogens with one attached hydrogen (secondary N) is 1. The second-order valence-corrected chi connectivity index (χ2v) is 3.73. The molecule has 0 amide bonds. The summed E-state index contributed by atoms with van der Waals surface area (Å²) in [6.07, 6.45) is 6.37. The van der Waals surface area contributed by atoms with Crippen LogP contribution in [-0.4, -0.2) is 23.1 Å². The van der Waals surface area contributed by atoms with Gasteiger partial charge in [0.05, 0.1) is 12.7 Å². The molecule has 82 valence electrons. The zero-order chi connectivity index (χ0) is 10.5. The molecular weight excluding hydrogens is 190 g/mol. The fourth-order valence-electron chi connectivity index (χ4n) is 1.62. The third-order valence-corrected chi connectivity index (χ3v) is 2.46. The van der Waals surface area contributed by atoms with Crippen LogP contribution < -0.4 is 10.1 Å². The van der Waals surface area contributed by atoms with Gasteiger partial charge >= 0.3 is 0 Å². The van der Waals surface area contributed by atoms with Gasteiger partial charge in [0.2, 0.25) is 0 Å². The topological polar surface area (TPSA) is 47.0 Å². The standard InChI is InChI=1S/C11H17N3O/c1-2-3-4-5-10-13-8-9-11(14-10)12-6-7-15-9/h8H,2-7H2,1H3,(H,12,13,14). The van der Waals surface area contributed by atoms with Crippen LogP contribution >= 0.6 is 0 Å². The molecule has 0 fully saturated rings. The van der Waals surface area contributed by atoms with Gasteiger partial charge in [0.15, 0.2) is 11.6 Å². The van der Waals surface area contributed by atoms with E-state index in [1.54, 1.807) is 6.20 Å². The lowest BCUT2D eigenvalue weighted by molar-refractivity contribution is 0.319. The van der Waals surface area contributed by atoms with Crippen molar-refractivity contribution < 1.29 is 4.74 Å². The SMILES string of the molecule is CCCCCc1ncc2c(n1)NCCO2. The first-order valence-electron chi connectivity index (χ1n) is 5.62. The van der Waals surface area contributed by atoms with E-state index < -0.39 is 0 Å². The van der Waals surface area contributed by atoms with Crippen molar-refractivity contribution in [2.24, 2.45) is 0 Å². The van der Waals surface area contributed by atoms with E-state index in [9.17, 15) is 0 Å². The summed E-state index contributed by atoms with van der Waals surface area (Å²) in [7, 11) is 0. The molecule has 0 spiro atoms. The van der Waals surface area contributed by atoms with Gasteiger partial charge in [-0.15, -0.1) is 0 Å². The normalized spacial score (nSPS) is 13.9. The van der Waals surface area contributed by atoms with E-state index in [-0.39, 0.29) is 0 Å². The zero-order valence-electron chi connectivity index (χ0n) is 9.12. The van der Waals surface area contributed by atoms with Crippen LogP contribution in [0.2, 0.25) is 0 Å². The molecule has 0 bridgehead atoms. The van der Waals surface area contributed by atoms with Crippen molar-refractivity contribution in [3.8, 4) is 5.75 Å². The smallest absolute Gasteiger partial charge is 0.179 e. The maximum absolute atomic E-state index is 5.42. The van der Waals surface area contributed by atoms with Crippen LogP contribution in [0.25, 0.3) is 0 Å². The second kappa shape index (κ2) is 4.96. The van der Waals surface area contributed by atoms with Crippen LogP contribution in [-0.2, 0) is 6.42 Å². The van der Waals surface area contributed by atoms with Crippen molar-refractivity contribution in [3.05, 3.63) is 12.0 Å². The van der Waals surface area contributed by atoms with Gasteiger partial charge in [-0.3, -0.25) is 0 Å². The highest BCUT2D eigenvalue weighted by Crippen LogP contribution is 2.23. The maximum atomic E-state index is 5.42.